The van der Waals surface area contributed by atoms with Crippen LogP contribution in [-0.2, 0) is 17.4 Å². The van der Waals surface area contributed by atoms with Crippen molar-refractivity contribution in [1.82, 2.24) is 0 Å². The average molecular weight is 883 g/mol. The molecule has 0 bridgehead atoms. The van der Waals surface area contributed by atoms with Gasteiger partial charge in [-0.2, -0.15) is 0 Å². The van der Waals surface area contributed by atoms with E-state index in [2.05, 4.69) is 141 Å². The molecule has 2 saturated carbocycles. The van der Waals surface area contributed by atoms with Crippen molar-refractivity contribution in [2.45, 2.75) is 134 Å². The van der Waals surface area contributed by atoms with E-state index >= 15 is 0 Å². The van der Waals surface area contributed by atoms with Crippen LogP contribution in [0.25, 0.3) is 34.4 Å². The van der Waals surface area contributed by atoms with Gasteiger partial charge in [0.1, 0.15) is 0 Å². The van der Waals surface area contributed by atoms with Crippen molar-refractivity contribution in [2.24, 2.45) is 10.8 Å². The molecule has 4 aliphatic rings. The van der Waals surface area contributed by atoms with Gasteiger partial charge in [-0.1, -0.05) is 0 Å². The van der Waals surface area contributed by atoms with Crippen LogP contribution in [0.2, 0.25) is 9.26 Å². The van der Waals surface area contributed by atoms with Crippen molar-refractivity contribution >= 4 is 43.8 Å². The van der Waals surface area contributed by atoms with Crippen LogP contribution < -0.4 is 0 Å². The maximum Gasteiger partial charge on any atom is -0.147 e. The molecule has 0 spiro atoms. The first-order chi connectivity index (χ1) is 25.8. The zero-order valence-electron chi connectivity index (χ0n) is 35.3. The second-order valence-corrected chi connectivity index (χ2v) is 50.9. The molecule has 2 atom stereocenters. The first kappa shape index (κ1) is 43.6. The van der Waals surface area contributed by atoms with Crippen LogP contribution in [0.4, 0.5) is 0 Å². The molecule has 0 N–H and O–H groups in total. The Kier molecular flexibility index (Phi) is 13.2. The van der Waals surface area contributed by atoms with Gasteiger partial charge in [0, 0.05) is 0 Å². The van der Waals surface area contributed by atoms with Gasteiger partial charge in [0.15, 0.2) is 0 Å². The molecule has 56 heavy (non-hydrogen) atoms. The maximum atomic E-state index is 2.91. The minimum Gasteiger partial charge on any atom is -0.147 e. The summed E-state index contributed by atoms with van der Waals surface area (Å²) < 4.78 is 6.88. The predicted octanol–water partition coefficient (Wildman–Crippen LogP) is 15.9. The third kappa shape index (κ3) is 8.53. The number of rotatable bonds is 8. The molecule has 4 heteroatoms. The fraction of sp³-hybridized carbons (Fsp3) is 0.462. The summed E-state index contributed by atoms with van der Waals surface area (Å²) in [7, 11) is 0. The molecule has 298 valence electrons. The number of hydrogen-bond acceptors (Lipinski definition) is 0. The van der Waals surface area contributed by atoms with Crippen molar-refractivity contribution in [3.05, 3.63) is 129 Å². The van der Waals surface area contributed by atoms with Gasteiger partial charge in [-0.05, 0) is 0 Å². The summed E-state index contributed by atoms with van der Waals surface area (Å²) in [5.74, 6) is 0. The Hall–Kier alpha value is -1.96. The fourth-order valence-corrected chi connectivity index (χ4v) is 31.8. The first-order valence-corrected chi connectivity index (χ1v) is 35.4. The van der Waals surface area contributed by atoms with Crippen molar-refractivity contribution in [1.29, 1.82) is 0 Å². The van der Waals surface area contributed by atoms with Crippen molar-refractivity contribution < 1.29 is 17.4 Å². The molecule has 0 nitrogen and oxygen atoms in total. The second-order valence-electron chi connectivity index (χ2n) is 20.4. The molecule has 2 unspecified atom stereocenters. The molecule has 0 aromatic heterocycles. The fourth-order valence-electron chi connectivity index (χ4n) is 12.1. The maximum absolute atomic E-state index is 3.91. The number of fused-ring (bicyclic) bond motifs is 2. The van der Waals surface area contributed by atoms with E-state index < -0.39 is 17.4 Å². The molecule has 0 aliphatic heterocycles. The van der Waals surface area contributed by atoms with Crippen molar-refractivity contribution in [3.8, 4) is 22.3 Å². The Balaban J connectivity index is 0.00000266. The topological polar surface area (TPSA) is 0 Å². The van der Waals surface area contributed by atoms with Crippen LogP contribution in [0.3, 0.4) is 0 Å². The number of aryl methyl sites for hydroxylation is 2. The van der Waals surface area contributed by atoms with Crippen molar-refractivity contribution in [2.75, 3.05) is 0 Å². The summed E-state index contributed by atoms with van der Waals surface area (Å²) in [4.78, 5) is 0. The van der Waals surface area contributed by atoms with Crippen molar-refractivity contribution in [3.63, 3.8) is 0 Å². The molecule has 0 radical (unpaired) electrons. The Morgan fingerprint density at radius 3 is 1.20 bits per heavy atom. The average Bonchev–Trinajstić information content (AvgIpc) is 3.53. The van der Waals surface area contributed by atoms with Gasteiger partial charge in [-0.15, -0.1) is 24.8 Å². The molecular formula is C52H68Cl2SiZr. The molecule has 4 aliphatic carbocycles. The van der Waals surface area contributed by atoms with E-state index in [9.17, 15) is 0 Å². The molecule has 0 heterocycles. The largest absolute Gasteiger partial charge is 0.147 e. The Morgan fingerprint density at radius 1 is 0.518 bits per heavy atom. The summed E-state index contributed by atoms with van der Waals surface area (Å²) in [6.45, 7) is 12.3. The minimum absolute atomic E-state index is 0. The molecule has 2 fully saturated rings. The third-order valence-electron chi connectivity index (χ3n) is 14.8. The summed E-state index contributed by atoms with van der Waals surface area (Å²) in [5, 5.41) is 0. The van der Waals surface area contributed by atoms with E-state index in [0.717, 1.165) is 0 Å². The van der Waals surface area contributed by atoms with Crippen LogP contribution in [-0.4, -0.2) is 6.88 Å². The Morgan fingerprint density at radius 2 is 0.857 bits per heavy atom. The number of allylic oxidation sites excluding steroid dienone is 2. The molecular weight excluding hydrogens is 815 g/mol. The van der Waals surface area contributed by atoms with Crippen LogP contribution in [0.1, 0.15) is 144 Å². The number of halogens is 2. The van der Waals surface area contributed by atoms with Gasteiger partial charge in [-0.3, -0.25) is 0 Å². The predicted molar refractivity (Wildman–Crippen MR) is 250 cm³/mol. The summed E-state index contributed by atoms with van der Waals surface area (Å²) in [6.07, 6.45) is 24.7. The molecule has 4 aromatic rings. The van der Waals surface area contributed by atoms with Gasteiger partial charge in [0.25, 0.3) is 0 Å². The number of benzene rings is 4. The quantitative estimate of drug-likeness (QED) is 0.122. The van der Waals surface area contributed by atoms with E-state index in [1.165, 1.54) is 134 Å². The Bertz CT molecular complexity index is 2000. The smallest absolute Gasteiger partial charge is 0.147 e. The zero-order chi connectivity index (χ0) is 37.7. The number of hydrogen-bond donors (Lipinski definition) is 0. The van der Waals surface area contributed by atoms with Gasteiger partial charge >= 0.3 is 333 Å². The van der Waals surface area contributed by atoms with Gasteiger partial charge in [-0.25, -0.2) is 0 Å². The van der Waals surface area contributed by atoms with Gasteiger partial charge < -0.3 is 0 Å². The summed E-state index contributed by atoms with van der Waals surface area (Å²) in [5.41, 5.74) is 18.9. The molecule has 8 rings (SSSR count). The SMILES string of the molecule is Cc1ccc(-c2cccc3c2C=C(CC2(C)CCCCCC2)[CH]3[Zr]([CH3])([CH3])(=[SiH2])[CH]2C(CC3(C)CCCCCC3)=Cc3c(-c4ccc(C)cc4)cccc32)cc1.Cl.Cl. The van der Waals surface area contributed by atoms with E-state index in [1.807, 2.05) is 0 Å². The second kappa shape index (κ2) is 17.0. The van der Waals surface area contributed by atoms with Crippen LogP contribution in [0, 0.1) is 24.7 Å². The van der Waals surface area contributed by atoms with E-state index in [0.29, 0.717) is 18.1 Å². The first-order valence-electron chi connectivity index (χ1n) is 21.7. The van der Waals surface area contributed by atoms with Crippen LogP contribution in [0.15, 0.2) is 96.1 Å². The standard InChI is InChI=1S/2C25H29.2CH3.2ClH.H2Si.Zr/c2*1-19-10-12-21(13-11-19)23-9-7-8-22-16-20(17-24(22)23)18-25(2)14-5-3-4-6-15-25;;;;;;/h2*7-13,16-17H,3-6,14-15,18H2,1-2H3;2*1H3;2*1H;1H2;. The van der Waals surface area contributed by atoms with E-state index in [1.54, 1.807) is 22.3 Å². The zero-order valence-corrected chi connectivity index (χ0v) is 40.8. The van der Waals surface area contributed by atoms with E-state index in [-0.39, 0.29) is 24.8 Å². The third-order valence-corrected chi connectivity index (χ3v) is 32.3. The van der Waals surface area contributed by atoms with Crippen LogP contribution >= 0.6 is 24.8 Å². The van der Waals surface area contributed by atoms with Crippen LogP contribution in [0.5, 0.6) is 0 Å². The van der Waals surface area contributed by atoms with E-state index in [4.69, 9.17) is 0 Å². The van der Waals surface area contributed by atoms with Gasteiger partial charge in [0.2, 0.25) is 0 Å². The normalized spacial score (nSPS) is 21.6. The Labute approximate surface area is 355 Å². The molecule has 0 saturated heterocycles. The monoisotopic (exact) mass is 880 g/mol. The molecule has 0 amide bonds. The minimum atomic E-state index is -3.91. The summed E-state index contributed by atoms with van der Waals surface area (Å²) >= 11 is -3.91. The van der Waals surface area contributed by atoms with Gasteiger partial charge in [0.05, 0.1) is 0 Å². The summed E-state index contributed by atoms with van der Waals surface area (Å²) in [6, 6.07) is 33.4. The molecule has 4 aromatic carbocycles.